The second kappa shape index (κ2) is 11.9. The van der Waals surface area contributed by atoms with Gasteiger partial charge in [0.25, 0.3) is 5.91 Å². The van der Waals surface area contributed by atoms with Crippen molar-refractivity contribution in [3.05, 3.63) is 71.6 Å². The van der Waals surface area contributed by atoms with Gasteiger partial charge in [-0.3, -0.25) is 19.1 Å². The summed E-state index contributed by atoms with van der Waals surface area (Å²) in [5.74, 6) is -1.89. The zero-order chi connectivity index (χ0) is 28.9. The third-order valence-corrected chi connectivity index (χ3v) is 6.06. The molecule has 0 radical (unpaired) electrons. The fraction of sp³-hybridized carbons (Fsp3) is 0.333. The maximum absolute atomic E-state index is 13.5. The van der Waals surface area contributed by atoms with Gasteiger partial charge in [0.05, 0.1) is 25.2 Å². The Bertz CT molecular complexity index is 1500. The number of carbonyl (C=O) groups excluding carboxylic acids is 3. The lowest BCUT2D eigenvalue weighted by molar-refractivity contribution is -0.125. The number of nitrogen functional groups attached to an aromatic ring is 1. The summed E-state index contributed by atoms with van der Waals surface area (Å²) in [5.41, 5.74) is 7.74. The number of hydrogen-bond donors (Lipinski definition) is 5. The van der Waals surface area contributed by atoms with Crippen LogP contribution in [0.3, 0.4) is 0 Å². The molecule has 0 bridgehead atoms. The van der Waals surface area contributed by atoms with E-state index in [1.54, 1.807) is 4.68 Å². The number of aliphatic hydroxyl groups is 1. The summed E-state index contributed by atoms with van der Waals surface area (Å²) in [6, 6.07) is 13.9. The molecule has 6 N–H and O–H groups in total. The van der Waals surface area contributed by atoms with Crippen molar-refractivity contribution in [2.75, 3.05) is 18.9 Å². The van der Waals surface area contributed by atoms with Crippen LogP contribution in [0.1, 0.15) is 53.4 Å². The van der Waals surface area contributed by atoms with Crippen molar-refractivity contribution in [1.29, 1.82) is 0 Å². The number of rotatable bonds is 10. The van der Waals surface area contributed by atoms with E-state index in [1.165, 1.54) is 0 Å². The van der Waals surface area contributed by atoms with Crippen LogP contribution in [0.15, 0.2) is 52.9 Å². The van der Waals surface area contributed by atoms with Gasteiger partial charge in [-0.15, -0.1) is 10.2 Å². The highest BCUT2D eigenvalue weighted by molar-refractivity contribution is 6.06. The van der Waals surface area contributed by atoms with Gasteiger partial charge >= 0.3 is 11.8 Å². The lowest BCUT2D eigenvalue weighted by Gasteiger charge is -2.30. The Labute approximate surface area is 230 Å². The van der Waals surface area contributed by atoms with Crippen LogP contribution in [0.5, 0.6) is 0 Å². The van der Waals surface area contributed by atoms with Crippen LogP contribution in [0.4, 0.5) is 5.69 Å². The highest BCUT2D eigenvalue weighted by Crippen LogP contribution is 2.23. The summed E-state index contributed by atoms with van der Waals surface area (Å²) in [5, 5.41) is 29.4. The molecule has 0 aliphatic rings. The molecule has 13 heteroatoms. The molecule has 0 spiro atoms. The molecule has 210 valence electrons. The Morgan fingerprint density at radius 1 is 1.02 bits per heavy atom. The molecule has 1 unspecified atom stereocenters. The van der Waals surface area contributed by atoms with E-state index >= 15 is 0 Å². The molecule has 2 heterocycles. The molecule has 2 aromatic heterocycles. The molecular weight excluding hydrogens is 516 g/mol. The number of benzene rings is 2. The van der Waals surface area contributed by atoms with Gasteiger partial charge in [-0.1, -0.05) is 51.1 Å². The van der Waals surface area contributed by atoms with Gasteiger partial charge in [0.2, 0.25) is 11.8 Å². The fourth-order valence-electron chi connectivity index (χ4n) is 4.01. The maximum atomic E-state index is 13.5. The average Bonchev–Trinajstić information content (AvgIpc) is 3.55. The normalized spacial score (nSPS) is 12.2. The molecule has 1 atom stereocenters. The molecule has 3 amide bonds. The van der Waals surface area contributed by atoms with E-state index in [0.29, 0.717) is 17.6 Å². The van der Waals surface area contributed by atoms with E-state index in [-0.39, 0.29) is 37.2 Å². The zero-order valence-corrected chi connectivity index (χ0v) is 22.5. The zero-order valence-electron chi connectivity index (χ0n) is 22.5. The number of nitrogens with two attached hydrogens (primary N) is 1. The summed E-state index contributed by atoms with van der Waals surface area (Å²) in [6.07, 6.45) is 0. The molecule has 2 aromatic carbocycles. The Morgan fingerprint density at radius 3 is 2.45 bits per heavy atom. The number of anilines is 1. The number of para-hydroxylation sites is 1. The quantitative estimate of drug-likeness (QED) is 0.181. The molecule has 40 heavy (non-hydrogen) atoms. The predicted octanol–water partition coefficient (Wildman–Crippen LogP) is 1.23. The molecule has 13 nitrogen and oxygen atoms in total. The Kier molecular flexibility index (Phi) is 8.43. The van der Waals surface area contributed by atoms with Crippen LogP contribution in [0.25, 0.3) is 10.9 Å². The number of aliphatic hydroxyl groups excluding tert-OH is 1. The van der Waals surface area contributed by atoms with Crippen LogP contribution in [-0.2, 0) is 17.9 Å². The topological polar surface area (TPSA) is 190 Å². The summed E-state index contributed by atoms with van der Waals surface area (Å²) in [4.78, 5) is 38.6. The Hall–Kier alpha value is -4.78. The molecule has 4 aromatic rings. The minimum Gasteiger partial charge on any atom is -0.415 e. The van der Waals surface area contributed by atoms with E-state index in [4.69, 9.17) is 15.3 Å². The van der Waals surface area contributed by atoms with Crippen LogP contribution >= 0.6 is 0 Å². The van der Waals surface area contributed by atoms with Gasteiger partial charge in [-0.2, -0.15) is 5.10 Å². The first-order valence-corrected chi connectivity index (χ1v) is 12.7. The molecule has 0 fully saturated rings. The minimum absolute atomic E-state index is 0.00823. The molecule has 0 aliphatic heterocycles. The predicted molar refractivity (Wildman–Crippen MR) is 146 cm³/mol. The number of fused-ring (bicyclic) bond motifs is 1. The van der Waals surface area contributed by atoms with Gasteiger partial charge in [-0.05, 0) is 29.2 Å². The van der Waals surface area contributed by atoms with Crippen molar-refractivity contribution < 1.29 is 23.9 Å². The molecule has 0 saturated carbocycles. The number of carbonyl (C=O) groups is 3. The average molecular weight is 549 g/mol. The van der Waals surface area contributed by atoms with Crippen molar-refractivity contribution in [3.63, 3.8) is 0 Å². The molecule has 4 rings (SSSR count). The highest BCUT2D eigenvalue weighted by Gasteiger charge is 2.34. The number of hydrogen-bond acceptors (Lipinski definition) is 9. The van der Waals surface area contributed by atoms with Crippen molar-refractivity contribution in [2.24, 2.45) is 5.41 Å². The van der Waals surface area contributed by atoms with E-state index < -0.39 is 29.2 Å². The summed E-state index contributed by atoms with van der Waals surface area (Å²) in [7, 11) is 0. The van der Waals surface area contributed by atoms with Crippen molar-refractivity contribution in [3.8, 4) is 0 Å². The van der Waals surface area contributed by atoms with E-state index in [0.717, 1.165) is 11.1 Å². The smallest absolute Gasteiger partial charge is 0.308 e. The number of amides is 3. The second-order valence-electron chi connectivity index (χ2n) is 10.2. The molecule has 0 aliphatic carbocycles. The van der Waals surface area contributed by atoms with Gasteiger partial charge in [0.15, 0.2) is 5.69 Å². The van der Waals surface area contributed by atoms with Crippen LogP contribution in [0.2, 0.25) is 0 Å². The van der Waals surface area contributed by atoms with Gasteiger partial charge in [0, 0.05) is 17.6 Å². The summed E-state index contributed by atoms with van der Waals surface area (Å²) in [6.45, 7) is 5.56. The minimum atomic E-state index is -0.934. The third kappa shape index (κ3) is 6.61. The first-order valence-electron chi connectivity index (χ1n) is 12.7. The highest BCUT2D eigenvalue weighted by atomic mass is 16.4. The standard InChI is InChI=1S/C27H32N8O5/c1-27(2,3)22(24(38)30-14-20-32-33-26(40-20)25(39)29-12-13-36)31-23(37)21-18-6-4-5-7-19(18)35(34-21)15-16-8-10-17(28)11-9-16/h4-11,22,36H,12-15,28H2,1-3H3,(H,29,39)(H,30,38)(H,31,37). The number of nitrogens with zero attached hydrogens (tertiary/aromatic N) is 4. The number of aromatic nitrogens is 4. The van der Waals surface area contributed by atoms with Crippen LogP contribution < -0.4 is 21.7 Å². The van der Waals surface area contributed by atoms with Gasteiger partial charge in [-0.25, -0.2) is 0 Å². The fourth-order valence-corrected chi connectivity index (χ4v) is 4.01. The van der Waals surface area contributed by atoms with Gasteiger partial charge in [0.1, 0.15) is 6.04 Å². The monoisotopic (exact) mass is 548 g/mol. The van der Waals surface area contributed by atoms with E-state index in [9.17, 15) is 14.4 Å². The van der Waals surface area contributed by atoms with Crippen molar-refractivity contribution >= 4 is 34.3 Å². The first kappa shape index (κ1) is 28.2. The second-order valence-corrected chi connectivity index (χ2v) is 10.2. The van der Waals surface area contributed by atoms with Crippen LogP contribution in [-0.4, -0.2) is 62.0 Å². The SMILES string of the molecule is CC(C)(C)C(NC(=O)c1nn(Cc2ccc(N)cc2)c2ccccc12)C(=O)NCc1nnc(C(=O)NCCO)o1. The van der Waals surface area contributed by atoms with E-state index in [2.05, 4.69) is 31.2 Å². The Balaban J connectivity index is 1.49. The summed E-state index contributed by atoms with van der Waals surface area (Å²) >= 11 is 0. The van der Waals surface area contributed by atoms with E-state index in [1.807, 2.05) is 69.3 Å². The van der Waals surface area contributed by atoms with Crippen molar-refractivity contribution in [1.82, 2.24) is 35.9 Å². The van der Waals surface area contributed by atoms with Crippen molar-refractivity contribution in [2.45, 2.75) is 39.9 Å². The number of nitrogens with one attached hydrogen (secondary N) is 3. The lowest BCUT2D eigenvalue weighted by Crippen LogP contribution is -2.53. The lowest BCUT2D eigenvalue weighted by atomic mass is 9.86. The van der Waals surface area contributed by atoms with Gasteiger partial charge < -0.3 is 31.2 Å². The summed E-state index contributed by atoms with van der Waals surface area (Å²) < 4.78 is 7.02. The molecular formula is C27H32N8O5. The molecule has 0 saturated heterocycles. The first-order chi connectivity index (χ1) is 19.1. The van der Waals surface area contributed by atoms with Crippen LogP contribution in [0, 0.1) is 5.41 Å². The Morgan fingerprint density at radius 2 is 1.75 bits per heavy atom. The largest absolute Gasteiger partial charge is 0.415 e. The maximum Gasteiger partial charge on any atom is 0.308 e. The third-order valence-electron chi connectivity index (χ3n) is 6.06.